The maximum atomic E-state index is 12.5. The van der Waals surface area contributed by atoms with Crippen LogP contribution in [0, 0.1) is 0 Å². The topological polar surface area (TPSA) is 59.8 Å². The van der Waals surface area contributed by atoms with Crippen molar-refractivity contribution in [1.29, 1.82) is 0 Å². The number of nitrogens with zero attached hydrogens (tertiary/aromatic N) is 3. The van der Waals surface area contributed by atoms with Crippen molar-refractivity contribution in [3.63, 3.8) is 0 Å². The molecule has 5 nitrogen and oxygen atoms in total. The number of amides is 1. The Balaban J connectivity index is 1.72. The molecule has 2 heterocycles. The second-order valence-electron chi connectivity index (χ2n) is 5.38. The van der Waals surface area contributed by atoms with E-state index in [1.165, 1.54) is 6.20 Å². The number of halogens is 4. The zero-order valence-electron chi connectivity index (χ0n) is 13.2. The van der Waals surface area contributed by atoms with Gasteiger partial charge in [0.15, 0.2) is 0 Å². The van der Waals surface area contributed by atoms with E-state index in [1.54, 1.807) is 22.9 Å². The number of hydrogen-bond donors (Lipinski definition) is 1. The number of carbonyl (C=O) groups excluding carboxylic acids is 1. The van der Waals surface area contributed by atoms with Gasteiger partial charge in [-0.25, -0.2) is 4.68 Å². The summed E-state index contributed by atoms with van der Waals surface area (Å²) in [4.78, 5) is 15.5. The largest absolute Gasteiger partial charge is 0.433 e. The highest BCUT2D eigenvalue weighted by Crippen LogP contribution is 2.27. The molecule has 0 bridgehead atoms. The fourth-order valence-electron chi connectivity index (χ4n) is 2.21. The first-order valence-corrected chi connectivity index (χ1v) is 7.81. The van der Waals surface area contributed by atoms with Gasteiger partial charge in [0.25, 0.3) is 5.91 Å². The molecule has 0 aliphatic heterocycles. The first-order valence-electron chi connectivity index (χ1n) is 7.44. The third-order valence-corrected chi connectivity index (χ3v) is 3.77. The van der Waals surface area contributed by atoms with Crippen molar-refractivity contribution in [2.45, 2.75) is 12.7 Å². The summed E-state index contributed by atoms with van der Waals surface area (Å²) >= 11 is 5.84. The molecule has 1 aromatic carbocycles. The second kappa shape index (κ2) is 7.17. The SMILES string of the molecule is O=C(Nc1ccnn1Cc1ccc(Cl)cc1)c1ccc(C(F)(F)F)nc1. The van der Waals surface area contributed by atoms with Crippen molar-refractivity contribution in [2.24, 2.45) is 0 Å². The van der Waals surface area contributed by atoms with Crippen LogP contribution in [0.15, 0.2) is 54.9 Å². The molecule has 134 valence electrons. The van der Waals surface area contributed by atoms with Gasteiger partial charge < -0.3 is 5.32 Å². The Bertz CT molecular complexity index is 905. The Labute approximate surface area is 151 Å². The molecule has 0 aliphatic carbocycles. The number of alkyl halides is 3. The van der Waals surface area contributed by atoms with E-state index in [0.717, 1.165) is 23.9 Å². The minimum absolute atomic E-state index is 0.0113. The van der Waals surface area contributed by atoms with Crippen LogP contribution in [0.2, 0.25) is 5.02 Å². The Morgan fingerprint density at radius 1 is 1.12 bits per heavy atom. The van der Waals surface area contributed by atoms with Crippen LogP contribution in [-0.2, 0) is 12.7 Å². The van der Waals surface area contributed by atoms with E-state index in [1.807, 2.05) is 12.1 Å². The van der Waals surface area contributed by atoms with Crippen LogP contribution in [0.4, 0.5) is 19.0 Å². The van der Waals surface area contributed by atoms with Gasteiger partial charge in [0.1, 0.15) is 11.5 Å². The van der Waals surface area contributed by atoms with Gasteiger partial charge in [-0.3, -0.25) is 9.78 Å². The molecule has 26 heavy (non-hydrogen) atoms. The average molecular weight is 381 g/mol. The summed E-state index contributed by atoms with van der Waals surface area (Å²) in [5.41, 5.74) is -0.121. The molecule has 0 saturated heterocycles. The maximum absolute atomic E-state index is 12.5. The van der Waals surface area contributed by atoms with Crippen LogP contribution in [0.5, 0.6) is 0 Å². The molecule has 2 aromatic heterocycles. The van der Waals surface area contributed by atoms with Crippen molar-refractivity contribution >= 4 is 23.3 Å². The fraction of sp³-hybridized carbons (Fsp3) is 0.118. The van der Waals surface area contributed by atoms with Gasteiger partial charge in [-0.1, -0.05) is 23.7 Å². The Morgan fingerprint density at radius 3 is 2.46 bits per heavy atom. The number of hydrogen-bond acceptors (Lipinski definition) is 3. The quantitative estimate of drug-likeness (QED) is 0.736. The number of nitrogens with one attached hydrogen (secondary N) is 1. The summed E-state index contributed by atoms with van der Waals surface area (Å²) in [5, 5.41) is 7.35. The molecule has 0 spiro atoms. The van der Waals surface area contributed by atoms with Crippen molar-refractivity contribution in [2.75, 3.05) is 5.32 Å². The Kier molecular flexibility index (Phi) is 4.94. The van der Waals surface area contributed by atoms with Gasteiger partial charge >= 0.3 is 6.18 Å². The minimum atomic E-state index is -4.55. The fourth-order valence-corrected chi connectivity index (χ4v) is 2.34. The number of pyridine rings is 1. The highest BCUT2D eigenvalue weighted by atomic mass is 35.5. The van der Waals surface area contributed by atoms with E-state index in [4.69, 9.17) is 11.6 Å². The molecule has 0 saturated carbocycles. The van der Waals surface area contributed by atoms with E-state index >= 15 is 0 Å². The molecule has 3 aromatic rings. The predicted octanol–water partition coefficient (Wildman–Crippen LogP) is 4.25. The van der Waals surface area contributed by atoms with E-state index in [0.29, 0.717) is 17.4 Å². The van der Waals surface area contributed by atoms with E-state index in [9.17, 15) is 18.0 Å². The third kappa shape index (κ3) is 4.20. The monoisotopic (exact) mass is 380 g/mol. The summed E-state index contributed by atoms with van der Waals surface area (Å²) in [5.74, 6) is -0.172. The number of carbonyl (C=O) groups is 1. The van der Waals surface area contributed by atoms with Gasteiger partial charge in [0.2, 0.25) is 0 Å². The summed E-state index contributed by atoms with van der Waals surface area (Å²) in [6, 6.07) is 10.6. The summed E-state index contributed by atoms with van der Waals surface area (Å²) < 4.78 is 39.1. The minimum Gasteiger partial charge on any atom is -0.307 e. The normalized spacial score (nSPS) is 11.4. The van der Waals surface area contributed by atoms with Crippen molar-refractivity contribution in [3.8, 4) is 0 Å². The summed E-state index contributed by atoms with van der Waals surface area (Å²) in [6.07, 6.45) is -2.15. The third-order valence-electron chi connectivity index (χ3n) is 3.52. The lowest BCUT2D eigenvalue weighted by Crippen LogP contribution is -2.17. The van der Waals surface area contributed by atoms with Crippen LogP contribution in [-0.4, -0.2) is 20.7 Å². The molecule has 3 rings (SSSR count). The predicted molar refractivity (Wildman–Crippen MR) is 90.0 cm³/mol. The number of rotatable bonds is 4. The molecule has 0 unspecified atom stereocenters. The smallest absolute Gasteiger partial charge is 0.307 e. The van der Waals surface area contributed by atoms with Gasteiger partial charge in [-0.05, 0) is 29.8 Å². The van der Waals surface area contributed by atoms with Crippen LogP contribution in [0.3, 0.4) is 0 Å². The molecule has 1 N–H and O–H groups in total. The molecule has 0 radical (unpaired) electrons. The lowest BCUT2D eigenvalue weighted by atomic mass is 10.2. The summed E-state index contributed by atoms with van der Waals surface area (Å²) in [6.45, 7) is 0.394. The lowest BCUT2D eigenvalue weighted by molar-refractivity contribution is -0.141. The molecule has 0 aliphatic rings. The van der Waals surface area contributed by atoms with Crippen LogP contribution in [0.1, 0.15) is 21.6 Å². The van der Waals surface area contributed by atoms with Crippen molar-refractivity contribution in [1.82, 2.24) is 14.8 Å². The van der Waals surface area contributed by atoms with E-state index in [2.05, 4.69) is 15.4 Å². The second-order valence-corrected chi connectivity index (χ2v) is 5.82. The maximum Gasteiger partial charge on any atom is 0.433 e. The molecule has 0 atom stereocenters. The molecule has 0 fully saturated rings. The van der Waals surface area contributed by atoms with E-state index in [-0.39, 0.29) is 5.56 Å². The Morgan fingerprint density at radius 2 is 1.85 bits per heavy atom. The average Bonchev–Trinajstić information content (AvgIpc) is 3.03. The van der Waals surface area contributed by atoms with Gasteiger partial charge in [0.05, 0.1) is 18.3 Å². The highest BCUT2D eigenvalue weighted by Gasteiger charge is 2.32. The van der Waals surface area contributed by atoms with Crippen molar-refractivity contribution in [3.05, 3.63) is 76.7 Å². The molecular formula is C17H12ClF3N4O. The van der Waals surface area contributed by atoms with Gasteiger partial charge in [-0.2, -0.15) is 18.3 Å². The first-order chi connectivity index (χ1) is 12.3. The lowest BCUT2D eigenvalue weighted by Gasteiger charge is -2.10. The number of anilines is 1. The van der Waals surface area contributed by atoms with Crippen LogP contribution >= 0.6 is 11.6 Å². The van der Waals surface area contributed by atoms with E-state index < -0.39 is 17.8 Å². The first kappa shape index (κ1) is 17.9. The molecular weight excluding hydrogens is 369 g/mol. The van der Waals surface area contributed by atoms with Crippen LogP contribution < -0.4 is 5.32 Å². The number of aromatic nitrogens is 3. The standard InChI is InChI=1S/C17H12ClF3N4O/c18-13-4-1-11(2-5-13)10-25-15(7-8-23-25)24-16(26)12-3-6-14(22-9-12)17(19,20)21/h1-9H,10H2,(H,24,26). The van der Waals surface area contributed by atoms with Gasteiger partial charge in [-0.15, -0.1) is 0 Å². The summed E-state index contributed by atoms with van der Waals surface area (Å²) in [7, 11) is 0. The van der Waals surface area contributed by atoms with Crippen molar-refractivity contribution < 1.29 is 18.0 Å². The number of benzene rings is 1. The molecule has 1 amide bonds. The highest BCUT2D eigenvalue weighted by molar-refractivity contribution is 6.30. The zero-order valence-corrected chi connectivity index (χ0v) is 13.9. The van der Waals surface area contributed by atoms with Crippen LogP contribution in [0.25, 0.3) is 0 Å². The van der Waals surface area contributed by atoms with Gasteiger partial charge in [0, 0.05) is 17.3 Å². The molecule has 9 heteroatoms. The zero-order chi connectivity index (χ0) is 18.7. The Hall–Kier alpha value is -2.87.